The van der Waals surface area contributed by atoms with Crippen molar-refractivity contribution in [3.05, 3.63) is 29.3 Å². The Morgan fingerprint density at radius 2 is 1.76 bits per heavy atom. The van der Waals surface area contributed by atoms with E-state index in [4.69, 9.17) is 0 Å². The van der Waals surface area contributed by atoms with Crippen molar-refractivity contribution in [2.45, 2.75) is 90.6 Å². The van der Waals surface area contributed by atoms with E-state index in [2.05, 4.69) is 5.32 Å². The molecule has 2 fully saturated rings. The molecule has 1 saturated carbocycles. The summed E-state index contributed by atoms with van der Waals surface area (Å²) >= 11 is 0. The first-order valence-corrected chi connectivity index (χ1v) is 13.9. The molecule has 184 valence electrons. The molecular weight excluding hydrogens is 438 g/mol. The molecule has 33 heavy (non-hydrogen) atoms. The Morgan fingerprint density at radius 1 is 1.12 bits per heavy atom. The number of sulfonamides is 1. The topological polar surface area (TPSA) is 86.8 Å². The van der Waals surface area contributed by atoms with Gasteiger partial charge >= 0.3 is 0 Å². The molecule has 3 rings (SSSR count). The molecule has 2 aliphatic rings. The van der Waals surface area contributed by atoms with Crippen molar-refractivity contribution in [3.63, 3.8) is 0 Å². The SMILES string of the molecule is CCCS(=O)(=O)N1CC(=O)N(c2cccc(C)c2C)[C@](C)(C(=O)NC2CCCCCCC2)C1. The van der Waals surface area contributed by atoms with E-state index in [1.54, 1.807) is 18.7 Å². The standard InChI is InChI=1S/C25H39N3O4S/c1-5-16-33(31,32)27-17-23(29)28(22-15-11-12-19(2)20(22)3)25(4,18-27)24(30)26-21-13-9-7-6-8-10-14-21/h11-12,15,21H,5-10,13-14,16-18H2,1-4H3,(H,26,30)/t25-/m0/s1. The average molecular weight is 478 g/mol. The van der Waals surface area contributed by atoms with Crippen LogP contribution in [-0.4, -0.2) is 55.0 Å². The Balaban J connectivity index is 1.99. The molecule has 1 saturated heterocycles. The minimum absolute atomic E-state index is 0.0376. The second kappa shape index (κ2) is 10.6. The van der Waals surface area contributed by atoms with Crippen LogP contribution in [0.5, 0.6) is 0 Å². The molecule has 1 aliphatic heterocycles. The first-order chi connectivity index (χ1) is 15.6. The summed E-state index contributed by atoms with van der Waals surface area (Å²) in [6, 6.07) is 5.74. The Hall–Kier alpha value is -1.93. The lowest BCUT2D eigenvalue weighted by atomic mass is 9.91. The zero-order chi connectivity index (χ0) is 24.2. The normalized spacial score (nSPS) is 23.8. The fourth-order valence-corrected chi connectivity index (χ4v) is 6.57. The van der Waals surface area contributed by atoms with Crippen molar-refractivity contribution in [3.8, 4) is 0 Å². The third-order valence-corrected chi connectivity index (χ3v) is 9.11. The first kappa shape index (κ1) is 25.7. The van der Waals surface area contributed by atoms with Gasteiger partial charge < -0.3 is 5.32 Å². The fraction of sp³-hybridized carbons (Fsp3) is 0.680. The van der Waals surface area contributed by atoms with Gasteiger partial charge in [0.25, 0.3) is 0 Å². The minimum Gasteiger partial charge on any atom is -0.351 e. The van der Waals surface area contributed by atoms with E-state index in [-0.39, 0.29) is 36.7 Å². The second-order valence-electron chi connectivity index (χ2n) is 9.82. The van der Waals surface area contributed by atoms with Gasteiger partial charge in [0.15, 0.2) is 0 Å². The van der Waals surface area contributed by atoms with E-state index in [0.717, 1.165) is 36.8 Å². The number of hydrogen-bond acceptors (Lipinski definition) is 4. The number of aryl methyl sites for hydroxylation is 1. The molecule has 0 bridgehead atoms. The summed E-state index contributed by atoms with van der Waals surface area (Å²) in [4.78, 5) is 28.8. The molecule has 1 aliphatic carbocycles. The van der Waals surface area contributed by atoms with Crippen molar-refractivity contribution >= 4 is 27.5 Å². The van der Waals surface area contributed by atoms with Crippen molar-refractivity contribution in [2.24, 2.45) is 0 Å². The summed E-state index contributed by atoms with van der Waals surface area (Å²) in [5.74, 6) is -0.687. The third-order valence-electron chi connectivity index (χ3n) is 7.14. The van der Waals surface area contributed by atoms with Gasteiger partial charge in [-0.2, -0.15) is 4.31 Å². The van der Waals surface area contributed by atoms with Crippen molar-refractivity contribution in [2.75, 3.05) is 23.7 Å². The highest BCUT2D eigenvalue weighted by Gasteiger charge is 2.51. The van der Waals surface area contributed by atoms with Crippen LogP contribution >= 0.6 is 0 Å². The molecular formula is C25H39N3O4S. The van der Waals surface area contributed by atoms with E-state index in [0.29, 0.717) is 12.1 Å². The number of rotatable bonds is 6. The molecule has 1 atom stereocenters. The number of piperazine rings is 1. The Morgan fingerprint density at radius 3 is 2.39 bits per heavy atom. The Kier molecular flexibility index (Phi) is 8.22. The molecule has 1 aromatic carbocycles. The predicted octanol–water partition coefficient (Wildman–Crippen LogP) is 3.68. The van der Waals surface area contributed by atoms with Crippen LogP contribution in [-0.2, 0) is 19.6 Å². The molecule has 0 radical (unpaired) electrons. The molecule has 2 amide bonds. The van der Waals surface area contributed by atoms with Crippen LogP contribution in [0.15, 0.2) is 18.2 Å². The quantitative estimate of drug-likeness (QED) is 0.677. The molecule has 1 heterocycles. The highest BCUT2D eigenvalue weighted by Crippen LogP contribution is 2.34. The maximum absolute atomic E-state index is 13.8. The van der Waals surface area contributed by atoms with Gasteiger partial charge in [-0.15, -0.1) is 0 Å². The smallest absolute Gasteiger partial charge is 0.247 e. The number of benzene rings is 1. The Labute approximate surface area is 199 Å². The summed E-state index contributed by atoms with van der Waals surface area (Å²) in [5.41, 5.74) is 1.27. The summed E-state index contributed by atoms with van der Waals surface area (Å²) < 4.78 is 27.0. The van der Waals surface area contributed by atoms with E-state index < -0.39 is 15.6 Å². The van der Waals surface area contributed by atoms with Crippen LogP contribution in [0.2, 0.25) is 0 Å². The number of hydrogen-bond donors (Lipinski definition) is 1. The highest BCUT2D eigenvalue weighted by atomic mass is 32.2. The number of anilines is 1. The zero-order valence-corrected chi connectivity index (χ0v) is 21.3. The molecule has 7 nitrogen and oxygen atoms in total. The summed E-state index contributed by atoms with van der Waals surface area (Å²) in [7, 11) is -3.63. The minimum atomic E-state index is -3.63. The van der Waals surface area contributed by atoms with Gasteiger partial charge in [-0.1, -0.05) is 51.2 Å². The highest BCUT2D eigenvalue weighted by molar-refractivity contribution is 7.89. The second-order valence-corrected chi connectivity index (χ2v) is 11.9. The van der Waals surface area contributed by atoms with Crippen LogP contribution in [0, 0.1) is 13.8 Å². The maximum atomic E-state index is 13.8. The maximum Gasteiger partial charge on any atom is 0.247 e. The Bertz CT molecular complexity index is 970. The number of carbonyl (C=O) groups is 2. The van der Waals surface area contributed by atoms with Crippen LogP contribution in [0.1, 0.15) is 76.3 Å². The van der Waals surface area contributed by atoms with Gasteiger partial charge in [0.1, 0.15) is 5.54 Å². The summed E-state index contributed by atoms with van der Waals surface area (Å²) in [5, 5.41) is 3.20. The first-order valence-electron chi connectivity index (χ1n) is 12.3. The third kappa shape index (κ3) is 5.60. The summed E-state index contributed by atoms with van der Waals surface area (Å²) in [6.07, 6.45) is 7.99. The molecule has 0 aromatic heterocycles. The number of amides is 2. The van der Waals surface area contributed by atoms with Crippen LogP contribution < -0.4 is 10.2 Å². The molecule has 8 heteroatoms. The van der Waals surface area contributed by atoms with Gasteiger partial charge in [0.05, 0.1) is 12.3 Å². The van der Waals surface area contributed by atoms with E-state index in [9.17, 15) is 18.0 Å². The molecule has 0 unspecified atom stereocenters. The van der Waals surface area contributed by atoms with Crippen molar-refractivity contribution in [1.82, 2.24) is 9.62 Å². The van der Waals surface area contributed by atoms with Crippen LogP contribution in [0.4, 0.5) is 5.69 Å². The number of nitrogens with one attached hydrogen (secondary N) is 1. The van der Waals surface area contributed by atoms with Crippen LogP contribution in [0.25, 0.3) is 0 Å². The lowest BCUT2D eigenvalue weighted by Gasteiger charge is -2.47. The molecule has 1 N–H and O–H groups in total. The van der Waals surface area contributed by atoms with Gasteiger partial charge in [-0.05, 0) is 57.2 Å². The lowest BCUT2D eigenvalue weighted by molar-refractivity contribution is -0.133. The molecule has 1 aromatic rings. The van der Waals surface area contributed by atoms with Gasteiger partial charge in [0, 0.05) is 18.3 Å². The van der Waals surface area contributed by atoms with E-state index >= 15 is 0 Å². The van der Waals surface area contributed by atoms with Crippen molar-refractivity contribution in [1.29, 1.82) is 0 Å². The monoisotopic (exact) mass is 477 g/mol. The fourth-order valence-electron chi connectivity index (χ4n) is 5.04. The van der Waals surface area contributed by atoms with E-state index in [1.165, 1.54) is 23.6 Å². The zero-order valence-electron chi connectivity index (χ0n) is 20.5. The predicted molar refractivity (Wildman–Crippen MR) is 132 cm³/mol. The van der Waals surface area contributed by atoms with Crippen LogP contribution in [0.3, 0.4) is 0 Å². The molecule has 0 spiro atoms. The lowest BCUT2D eigenvalue weighted by Crippen LogP contribution is -2.71. The van der Waals surface area contributed by atoms with Gasteiger partial charge in [-0.25, -0.2) is 8.42 Å². The summed E-state index contributed by atoms with van der Waals surface area (Å²) in [6.45, 7) is 7.11. The average Bonchev–Trinajstić information content (AvgIpc) is 2.72. The number of nitrogens with zero attached hydrogens (tertiary/aromatic N) is 2. The van der Waals surface area contributed by atoms with Gasteiger partial charge in [-0.3, -0.25) is 14.5 Å². The van der Waals surface area contributed by atoms with Crippen molar-refractivity contribution < 1.29 is 18.0 Å². The van der Waals surface area contributed by atoms with Gasteiger partial charge in [0.2, 0.25) is 21.8 Å². The number of carbonyl (C=O) groups excluding carboxylic acids is 2. The van der Waals surface area contributed by atoms with E-state index in [1.807, 2.05) is 32.0 Å². The largest absolute Gasteiger partial charge is 0.351 e.